The number of hydrogen-bond donors (Lipinski definition) is 3. The number of phenolic OH excluding ortho intramolecular Hbond substituents is 1. The van der Waals surface area contributed by atoms with E-state index in [1.807, 2.05) is 57.2 Å². The van der Waals surface area contributed by atoms with Crippen molar-refractivity contribution in [2.24, 2.45) is 17.8 Å². The van der Waals surface area contributed by atoms with Gasteiger partial charge in [-0.2, -0.15) is 0 Å². The van der Waals surface area contributed by atoms with E-state index < -0.39 is 23.9 Å². The van der Waals surface area contributed by atoms with Crippen LogP contribution in [0.5, 0.6) is 5.75 Å². The number of phenols is 1. The number of imide groups is 1. The van der Waals surface area contributed by atoms with Gasteiger partial charge in [0.15, 0.2) is 0 Å². The summed E-state index contributed by atoms with van der Waals surface area (Å²) in [5, 5.41) is 32.3. The highest BCUT2D eigenvalue weighted by atomic mass is 16.5. The van der Waals surface area contributed by atoms with Gasteiger partial charge in [0, 0.05) is 25.8 Å². The lowest BCUT2D eigenvalue weighted by molar-refractivity contribution is -0.140. The van der Waals surface area contributed by atoms with Gasteiger partial charge in [0.2, 0.25) is 11.8 Å². The number of benzene rings is 1. The van der Waals surface area contributed by atoms with E-state index in [4.69, 9.17) is 4.74 Å². The number of fused-ring (bicyclic) bond motifs is 1. The first kappa shape index (κ1) is 29.6. The van der Waals surface area contributed by atoms with Crippen LogP contribution in [0.1, 0.15) is 55.0 Å². The van der Waals surface area contributed by atoms with Crippen molar-refractivity contribution in [2.45, 2.75) is 52.6 Å². The quantitative estimate of drug-likeness (QED) is 0.286. The minimum absolute atomic E-state index is 0.197. The van der Waals surface area contributed by atoms with Crippen molar-refractivity contribution >= 4 is 23.5 Å². The van der Waals surface area contributed by atoms with Gasteiger partial charge < -0.3 is 20.1 Å². The molecule has 4 atom stereocenters. The molecule has 0 unspecified atom stereocenters. The molecule has 0 bridgehead atoms. The maximum Gasteiger partial charge on any atom is 0.233 e. The highest BCUT2D eigenvalue weighted by molar-refractivity contribution is 6.05. The Balaban J connectivity index is 1.66. The molecule has 2 aliphatic rings. The smallest absolute Gasteiger partial charge is 0.233 e. The number of hydrogen-bond acceptors (Lipinski definition) is 7. The summed E-state index contributed by atoms with van der Waals surface area (Å²) < 4.78 is 5.44. The first-order valence-corrected chi connectivity index (χ1v) is 14.0. The van der Waals surface area contributed by atoms with Crippen molar-refractivity contribution in [2.75, 3.05) is 26.9 Å². The van der Waals surface area contributed by atoms with Crippen molar-refractivity contribution in [1.29, 1.82) is 0 Å². The second-order valence-electron chi connectivity index (χ2n) is 10.9. The maximum absolute atomic E-state index is 13.3. The monoisotopic (exact) mass is 548 g/mol. The summed E-state index contributed by atoms with van der Waals surface area (Å²) in [7, 11) is 1.56. The zero-order valence-corrected chi connectivity index (χ0v) is 23.8. The van der Waals surface area contributed by atoms with Crippen molar-refractivity contribution in [3.63, 3.8) is 0 Å². The predicted molar refractivity (Wildman–Crippen MR) is 153 cm³/mol. The topological polar surface area (TPSA) is 120 Å². The van der Waals surface area contributed by atoms with E-state index in [0.717, 1.165) is 33.5 Å². The van der Waals surface area contributed by atoms with Crippen LogP contribution < -0.4 is 0 Å². The first-order valence-electron chi connectivity index (χ1n) is 14.0. The number of aryl methyl sites for hydroxylation is 2. The SMILES string of the molecule is CCCN1C(=O)[C@@H]2[C@@H](CC(COC)=C([C@H](O)CC/C(=C/c3cc(C)c(O)c(C)c3)c3ccccn3)[C@@H]2CO)C1=O. The molecule has 0 radical (unpaired) electrons. The van der Waals surface area contributed by atoms with Gasteiger partial charge in [-0.1, -0.05) is 13.0 Å². The molecule has 214 valence electrons. The lowest BCUT2D eigenvalue weighted by Crippen LogP contribution is -2.39. The molecule has 1 aromatic heterocycles. The largest absolute Gasteiger partial charge is 0.507 e. The third kappa shape index (κ3) is 5.89. The number of allylic oxidation sites excluding steroid dienone is 1. The minimum Gasteiger partial charge on any atom is -0.507 e. The number of ether oxygens (including phenoxy) is 1. The van der Waals surface area contributed by atoms with E-state index in [-0.39, 0.29) is 30.8 Å². The van der Waals surface area contributed by atoms with Crippen LogP contribution in [-0.4, -0.2) is 70.0 Å². The van der Waals surface area contributed by atoms with Crippen LogP contribution >= 0.6 is 0 Å². The Morgan fingerprint density at radius 3 is 2.52 bits per heavy atom. The summed E-state index contributed by atoms with van der Waals surface area (Å²) in [6.07, 6.45) is 4.60. The van der Waals surface area contributed by atoms with Crippen molar-refractivity contribution in [3.05, 3.63) is 70.1 Å². The number of amides is 2. The third-order valence-corrected chi connectivity index (χ3v) is 8.13. The number of likely N-dealkylation sites (tertiary alicyclic amines) is 1. The normalized spacial score (nSPS) is 22.2. The van der Waals surface area contributed by atoms with Crippen molar-refractivity contribution in [3.8, 4) is 5.75 Å². The predicted octanol–water partition coefficient (Wildman–Crippen LogP) is 4.05. The minimum atomic E-state index is -0.943. The summed E-state index contributed by atoms with van der Waals surface area (Å²) in [5.74, 6) is -2.05. The summed E-state index contributed by atoms with van der Waals surface area (Å²) >= 11 is 0. The third-order valence-electron chi connectivity index (χ3n) is 8.13. The van der Waals surface area contributed by atoms with Gasteiger partial charge in [0.1, 0.15) is 5.75 Å². The number of aliphatic hydroxyl groups excluding tert-OH is 2. The zero-order valence-electron chi connectivity index (χ0n) is 23.8. The summed E-state index contributed by atoms with van der Waals surface area (Å²) in [6.45, 7) is 5.87. The lowest BCUT2D eigenvalue weighted by Gasteiger charge is -2.36. The van der Waals surface area contributed by atoms with Gasteiger partial charge in [0.25, 0.3) is 0 Å². The number of nitrogens with zero attached hydrogens (tertiary/aromatic N) is 2. The Morgan fingerprint density at radius 2 is 1.93 bits per heavy atom. The van der Waals surface area contributed by atoms with Crippen LogP contribution in [0.15, 0.2) is 47.7 Å². The van der Waals surface area contributed by atoms with Gasteiger partial charge in [-0.3, -0.25) is 19.5 Å². The molecule has 0 spiro atoms. The van der Waals surface area contributed by atoms with Crippen LogP contribution in [0.4, 0.5) is 0 Å². The van der Waals surface area contributed by atoms with E-state index in [2.05, 4.69) is 4.98 Å². The number of carbonyl (C=O) groups is 2. The summed E-state index contributed by atoms with van der Waals surface area (Å²) in [4.78, 5) is 32.3. The molecule has 2 heterocycles. The zero-order chi connectivity index (χ0) is 29.0. The Bertz CT molecular complexity index is 1280. The first-order chi connectivity index (χ1) is 19.2. The molecule has 0 saturated carbocycles. The molecule has 8 heteroatoms. The second kappa shape index (κ2) is 12.9. The molecule has 8 nitrogen and oxygen atoms in total. The number of pyridine rings is 1. The van der Waals surface area contributed by atoms with Crippen molar-refractivity contribution in [1.82, 2.24) is 9.88 Å². The van der Waals surface area contributed by atoms with Gasteiger partial charge in [-0.25, -0.2) is 0 Å². The fourth-order valence-electron chi connectivity index (χ4n) is 6.32. The van der Waals surface area contributed by atoms with Crippen molar-refractivity contribution < 1.29 is 29.6 Å². The highest BCUT2D eigenvalue weighted by Crippen LogP contribution is 2.46. The Kier molecular flexibility index (Phi) is 9.56. The number of aliphatic hydroxyl groups is 2. The second-order valence-corrected chi connectivity index (χ2v) is 10.9. The van der Waals surface area contributed by atoms with E-state index in [1.165, 1.54) is 4.90 Å². The van der Waals surface area contributed by atoms with E-state index in [9.17, 15) is 24.9 Å². The van der Waals surface area contributed by atoms with Crippen LogP contribution in [0.2, 0.25) is 0 Å². The van der Waals surface area contributed by atoms with E-state index >= 15 is 0 Å². The lowest BCUT2D eigenvalue weighted by atomic mass is 9.68. The molecule has 4 rings (SSSR count). The molecule has 1 aliphatic heterocycles. The van der Waals surface area contributed by atoms with Gasteiger partial charge in [-0.15, -0.1) is 0 Å². The number of methoxy groups -OCH3 is 1. The van der Waals surface area contributed by atoms with Gasteiger partial charge in [-0.05, 0) is 103 Å². The van der Waals surface area contributed by atoms with E-state index in [0.29, 0.717) is 37.8 Å². The molecule has 1 saturated heterocycles. The fraction of sp³-hybridized carbons (Fsp3) is 0.469. The summed E-state index contributed by atoms with van der Waals surface area (Å²) in [5.41, 5.74) is 5.55. The average molecular weight is 549 g/mol. The highest BCUT2D eigenvalue weighted by Gasteiger charge is 2.54. The molecule has 3 N–H and O–H groups in total. The van der Waals surface area contributed by atoms with Crippen LogP contribution in [-0.2, 0) is 14.3 Å². The van der Waals surface area contributed by atoms with E-state index in [1.54, 1.807) is 13.3 Å². The Hall–Kier alpha value is -3.33. The molecule has 2 amide bonds. The molecule has 1 aliphatic carbocycles. The van der Waals surface area contributed by atoms with Crippen LogP contribution in [0, 0.1) is 31.6 Å². The molecule has 1 aromatic carbocycles. The summed E-state index contributed by atoms with van der Waals surface area (Å²) in [6, 6.07) is 9.50. The van der Waals surface area contributed by atoms with Crippen LogP contribution in [0.3, 0.4) is 0 Å². The number of carbonyl (C=O) groups excluding carboxylic acids is 2. The Morgan fingerprint density at radius 1 is 1.20 bits per heavy atom. The molecular weight excluding hydrogens is 508 g/mol. The number of aromatic hydroxyl groups is 1. The standard InChI is InChI=1S/C32H40N2O6/c1-5-12-34-31(38)24-16-23(18-40-4)28(25(17-35)29(24)32(34)39)27(36)10-9-22(26-8-6-7-11-33-26)15-21-13-19(2)30(37)20(3)14-21/h6-8,11,13-15,24-25,27,29,35-37H,5,9-10,12,16-18H2,1-4H3/b22-15-/t24-,25+,27-,29-/m1/s1. The molecule has 1 fully saturated rings. The average Bonchev–Trinajstić information content (AvgIpc) is 3.18. The molecule has 40 heavy (non-hydrogen) atoms. The van der Waals surface area contributed by atoms with Crippen LogP contribution in [0.25, 0.3) is 11.6 Å². The molecular formula is C32H40N2O6. The van der Waals surface area contributed by atoms with Gasteiger partial charge >= 0.3 is 0 Å². The van der Waals surface area contributed by atoms with Gasteiger partial charge in [0.05, 0.1) is 36.8 Å². The number of aromatic nitrogens is 1. The number of rotatable bonds is 11. The fourth-order valence-corrected chi connectivity index (χ4v) is 6.32. The molecule has 2 aromatic rings. The Labute approximate surface area is 236 Å². The maximum atomic E-state index is 13.3.